The van der Waals surface area contributed by atoms with Crippen molar-refractivity contribution in [2.45, 2.75) is 38.5 Å². The maximum Gasteiger partial charge on any atom is 0.226 e. The second-order valence-electron chi connectivity index (χ2n) is 3.94. The summed E-state index contributed by atoms with van der Waals surface area (Å²) in [7, 11) is 0. The lowest BCUT2D eigenvalue weighted by Crippen LogP contribution is -2.18. The van der Waals surface area contributed by atoms with Crippen LogP contribution in [0.25, 0.3) is 0 Å². The third-order valence-electron chi connectivity index (χ3n) is 2.28. The van der Waals surface area contributed by atoms with Gasteiger partial charge in [0.05, 0.1) is 6.10 Å². The summed E-state index contributed by atoms with van der Waals surface area (Å²) in [4.78, 5) is 11.5. The van der Waals surface area contributed by atoms with E-state index in [1.165, 1.54) is 0 Å². The van der Waals surface area contributed by atoms with Gasteiger partial charge in [0, 0.05) is 23.5 Å². The van der Waals surface area contributed by atoms with E-state index in [-0.39, 0.29) is 17.3 Å². The highest BCUT2D eigenvalue weighted by Crippen LogP contribution is 2.15. The van der Waals surface area contributed by atoms with Crippen molar-refractivity contribution in [1.29, 1.82) is 0 Å². The monoisotopic (exact) mass is 258 g/mol. The van der Waals surface area contributed by atoms with E-state index in [1.807, 2.05) is 6.92 Å². The number of aliphatic hydroxyl groups is 1. The topological polar surface area (TPSA) is 75.4 Å². The zero-order chi connectivity index (χ0) is 12.8. The summed E-state index contributed by atoms with van der Waals surface area (Å²) in [5.74, 6) is 1.69. The summed E-state index contributed by atoms with van der Waals surface area (Å²) >= 11 is 1.57. The zero-order valence-electron chi connectivity index (χ0n) is 10.3. The minimum atomic E-state index is -0.360. The predicted molar refractivity (Wildman–Crippen MR) is 68.1 cm³/mol. The first kappa shape index (κ1) is 14.1. The number of aliphatic hydroxyl groups excluding tert-OH is 1. The van der Waals surface area contributed by atoms with E-state index in [9.17, 15) is 9.90 Å². The van der Waals surface area contributed by atoms with Gasteiger partial charge in [-0.15, -0.1) is 0 Å². The standard InChI is InChI=1S/C11H18N2O3S/c1-7-6-10(13-16-7)12-11(15)4-5-17-9(3)8(2)14/h6,8-9,14H,4-5H2,1-3H3,(H,12,13,15). The Labute approximate surface area is 105 Å². The minimum absolute atomic E-state index is 0.0939. The summed E-state index contributed by atoms with van der Waals surface area (Å²) in [5.41, 5.74) is 0. The third-order valence-corrected chi connectivity index (χ3v) is 3.64. The van der Waals surface area contributed by atoms with Crippen molar-refractivity contribution in [3.05, 3.63) is 11.8 Å². The van der Waals surface area contributed by atoms with Gasteiger partial charge in [-0.05, 0) is 13.8 Å². The van der Waals surface area contributed by atoms with Crippen LogP contribution in [0.4, 0.5) is 5.82 Å². The normalized spacial score (nSPS) is 14.4. The molecule has 0 aliphatic carbocycles. The molecule has 2 N–H and O–H groups in total. The molecular weight excluding hydrogens is 240 g/mol. The molecule has 1 amide bonds. The van der Waals surface area contributed by atoms with Gasteiger partial charge in [-0.1, -0.05) is 12.1 Å². The Balaban J connectivity index is 2.22. The molecular formula is C11H18N2O3S. The van der Waals surface area contributed by atoms with Gasteiger partial charge in [0.1, 0.15) is 5.76 Å². The molecule has 0 saturated heterocycles. The quantitative estimate of drug-likeness (QED) is 0.814. The molecule has 6 heteroatoms. The average Bonchev–Trinajstić information content (AvgIpc) is 2.63. The van der Waals surface area contributed by atoms with Crippen LogP contribution < -0.4 is 5.32 Å². The molecule has 0 fully saturated rings. The zero-order valence-corrected chi connectivity index (χ0v) is 11.1. The number of hydrogen-bond donors (Lipinski definition) is 2. The van der Waals surface area contributed by atoms with E-state index in [4.69, 9.17) is 4.52 Å². The molecule has 96 valence electrons. The highest BCUT2D eigenvalue weighted by Gasteiger charge is 2.11. The number of carbonyl (C=O) groups is 1. The van der Waals surface area contributed by atoms with Gasteiger partial charge in [-0.2, -0.15) is 11.8 Å². The Morgan fingerprint density at radius 3 is 2.88 bits per heavy atom. The van der Waals surface area contributed by atoms with Crippen molar-refractivity contribution in [1.82, 2.24) is 5.16 Å². The Hall–Kier alpha value is -1.01. The highest BCUT2D eigenvalue weighted by atomic mass is 32.2. The first-order chi connectivity index (χ1) is 7.99. The van der Waals surface area contributed by atoms with Gasteiger partial charge < -0.3 is 14.9 Å². The molecule has 0 aromatic carbocycles. The third kappa shape index (κ3) is 5.23. The van der Waals surface area contributed by atoms with Crippen LogP contribution in [0.15, 0.2) is 10.6 Å². The van der Waals surface area contributed by atoms with Crippen molar-refractivity contribution in [2.24, 2.45) is 0 Å². The van der Waals surface area contributed by atoms with E-state index in [0.29, 0.717) is 23.8 Å². The molecule has 2 unspecified atom stereocenters. The van der Waals surface area contributed by atoms with Crippen LogP contribution in [0.5, 0.6) is 0 Å². The molecule has 0 spiro atoms. The van der Waals surface area contributed by atoms with Crippen molar-refractivity contribution >= 4 is 23.5 Å². The van der Waals surface area contributed by atoms with Crippen molar-refractivity contribution in [2.75, 3.05) is 11.1 Å². The molecule has 0 aliphatic heterocycles. The fourth-order valence-corrected chi connectivity index (χ4v) is 2.06. The number of amides is 1. The Bertz CT molecular complexity index is 365. The summed E-state index contributed by atoms with van der Waals surface area (Å²) in [5, 5.41) is 15.7. The molecule has 0 bridgehead atoms. The van der Waals surface area contributed by atoms with Crippen molar-refractivity contribution < 1.29 is 14.4 Å². The van der Waals surface area contributed by atoms with Gasteiger partial charge in [0.25, 0.3) is 0 Å². The predicted octanol–water partition coefficient (Wildman–Crippen LogP) is 1.81. The number of anilines is 1. The first-order valence-electron chi connectivity index (χ1n) is 5.52. The van der Waals surface area contributed by atoms with Crippen LogP contribution in [-0.4, -0.2) is 33.3 Å². The van der Waals surface area contributed by atoms with Gasteiger partial charge in [-0.3, -0.25) is 4.79 Å². The second kappa shape index (κ2) is 6.66. The number of rotatable bonds is 6. The molecule has 1 aromatic rings. The Kier molecular flexibility index (Phi) is 5.50. The van der Waals surface area contributed by atoms with E-state index in [1.54, 1.807) is 31.7 Å². The van der Waals surface area contributed by atoms with Gasteiger partial charge in [0.2, 0.25) is 5.91 Å². The van der Waals surface area contributed by atoms with Crippen LogP contribution >= 0.6 is 11.8 Å². The lowest BCUT2D eigenvalue weighted by Gasteiger charge is -2.13. The molecule has 5 nitrogen and oxygen atoms in total. The molecule has 0 radical (unpaired) electrons. The largest absolute Gasteiger partial charge is 0.392 e. The van der Waals surface area contributed by atoms with Crippen molar-refractivity contribution in [3.8, 4) is 0 Å². The number of aromatic nitrogens is 1. The van der Waals surface area contributed by atoms with Gasteiger partial charge in [0.15, 0.2) is 5.82 Å². The summed E-state index contributed by atoms with van der Waals surface area (Å²) < 4.78 is 4.84. The number of aryl methyl sites for hydroxylation is 1. The van der Waals surface area contributed by atoms with Crippen LogP contribution in [0, 0.1) is 6.92 Å². The molecule has 0 saturated carbocycles. The SMILES string of the molecule is Cc1cc(NC(=O)CCSC(C)C(C)O)no1. The highest BCUT2D eigenvalue weighted by molar-refractivity contribution is 7.99. The lowest BCUT2D eigenvalue weighted by atomic mass is 10.3. The molecule has 1 heterocycles. The summed E-state index contributed by atoms with van der Waals surface area (Å²) in [6, 6.07) is 1.67. The summed E-state index contributed by atoms with van der Waals surface area (Å²) in [6.07, 6.45) is 0.0365. The fraction of sp³-hybridized carbons (Fsp3) is 0.636. The van der Waals surface area contributed by atoms with E-state index in [2.05, 4.69) is 10.5 Å². The molecule has 1 aromatic heterocycles. The van der Waals surface area contributed by atoms with Crippen LogP contribution in [0.2, 0.25) is 0 Å². The number of nitrogens with one attached hydrogen (secondary N) is 1. The van der Waals surface area contributed by atoms with E-state index < -0.39 is 0 Å². The molecule has 1 rings (SSSR count). The van der Waals surface area contributed by atoms with E-state index in [0.717, 1.165) is 0 Å². The lowest BCUT2D eigenvalue weighted by molar-refractivity contribution is -0.115. The van der Waals surface area contributed by atoms with Crippen LogP contribution in [0.3, 0.4) is 0 Å². The summed E-state index contributed by atoms with van der Waals surface area (Å²) in [6.45, 7) is 5.45. The number of carbonyl (C=O) groups excluding carboxylic acids is 1. The Morgan fingerprint density at radius 1 is 1.65 bits per heavy atom. The minimum Gasteiger partial charge on any atom is -0.392 e. The first-order valence-corrected chi connectivity index (χ1v) is 6.56. The maximum absolute atomic E-state index is 11.5. The molecule has 0 aliphatic rings. The molecule has 2 atom stereocenters. The van der Waals surface area contributed by atoms with Crippen LogP contribution in [0.1, 0.15) is 26.0 Å². The fourth-order valence-electron chi connectivity index (χ4n) is 1.11. The number of nitrogens with zero attached hydrogens (tertiary/aromatic N) is 1. The average molecular weight is 258 g/mol. The molecule has 17 heavy (non-hydrogen) atoms. The Morgan fingerprint density at radius 2 is 2.35 bits per heavy atom. The second-order valence-corrected chi connectivity index (χ2v) is 5.42. The smallest absolute Gasteiger partial charge is 0.226 e. The van der Waals surface area contributed by atoms with E-state index >= 15 is 0 Å². The number of hydrogen-bond acceptors (Lipinski definition) is 5. The van der Waals surface area contributed by atoms with Crippen LogP contribution in [-0.2, 0) is 4.79 Å². The van der Waals surface area contributed by atoms with Crippen molar-refractivity contribution in [3.63, 3.8) is 0 Å². The van der Waals surface area contributed by atoms with Gasteiger partial charge in [-0.25, -0.2) is 0 Å². The maximum atomic E-state index is 11.5. The number of thioether (sulfide) groups is 1. The van der Waals surface area contributed by atoms with Gasteiger partial charge >= 0.3 is 0 Å².